The van der Waals surface area contributed by atoms with Crippen molar-refractivity contribution in [2.24, 2.45) is 0 Å². The van der Waals surface area contributed by atoms with Crippen molar-refractivity contribution >= 4 is 44.9 Å². The van der Waals surface area contributed by atoms with Crippen LogP contribution in [0.25, 0.3) is 0 Å². The molecule has 3 aromatic rings. The molecule has 0 bridgehead atoms. The van der Waals surface area contributed by atoms with E-state index in [1.807, 2.05) is 25.1 Å². The Morgan fingerprint density at radius 2 is 1.79 bits per heavy atom. The fourth-order valence-corrected chi connectivity index (χ4v) is 3.62. The molecule has 0 unspecified atom stereocenters. The lowest BCUT2D eigenvalue weighted by Crippen LogP contribution is -2.17. The minimum atomic E-state index is -0.257. The number of nitrogens with one attached hydrogen (secondary N) is 1. The summed E-state index contributed by atoms with van der Waals surface area (Å²) in [6.45, 7) is 1.93. The van der Waals surface area contributed by atoms with Gasteiger partial charge in [0.15, 0.2) is 5.78 Å². The van der Waals surface area contributed by atoms with Gasteiger partial charge in [0.25, 0.3) is 0 Å². The lowest BCUT2D eigenvalue weighted by atomic mass is 10.0. The van der Waals surface area contributed by atoms with Crippen LogP contribution >= 0.6 is 27.5 Å². The fraction of sp³-hybridized carbons (Fsp3) is 0.130. The first-order chi connectivity index (χ1) is 13.9. The minimum absolute atomic E-state index is 0.181. The number of anilines is 1. The van der Waals surface area contributed by atoms with E-state index in [0.717, 1.165) is 21.3 Å². The first-order valence-electron chi connectivity index (χ1n) is 8.91. The average molecular weight is 473 g/mol. The summed E-state index contributed by atoms with van der Waals surface area (Å²) in [6.07, 6.45) is 0.181. The summed E-state index contributed by atoms with van der Waals surface area (Å²) >= 11 is 9.57. The van der Waals surface area contributed by atoms with Crippen LogP contribution in [0.2, 0.25) is 5.02 Å². The summed E-state index contributed by atoms with van der Waals surface area (Å²) in [6, 6.07) is 17.6. The maximum Gasteiger partial charge on any atom is 0.228 e. The Morgan fingerprint density at radius 3 is 2.48 bits per heavy atom. The first kappa shape index (κ1) is 21.1. The maximum atomic E-state index is 13.0. The number of hydrogen-bond acceptors (Lipinski definition) is 3. The average Bonchev–Trinajstić information content (AvgIpc) is 2.69. The van der Waals surface area contributed by atoms with Crippen LogP contribution in [0.1, 0.15) is 27.0 Å². The lowest BCUT2D eigenvalue weighted by molar-refractivity contribution is -0.115. The Bertz CT molecular complexity index is 1080. The van der Waals surface area contributed by atoms with Gasteiger partial charge >= 0.3 is 0 Å². The van der Waals surface area contributed by atoms with Gasteiger partial charge in [-0.3, -0.25) is 9.59 Å². The fourth-order valence-electron chi connectivity index (χ4n) is 3.03. The van der Waals surface area contributed by atoms with Gasteiger partial charge in [0.2, 0.25) is 5.91 Å². The number of rotatable bonds is 6. The van der Waals surface area contributed by atoms with Gasteiger partial charge in [0.1, 0.15) is 5.75 Å². The summed E-state index contributed by atoms with van der Waals surface area (Å²) in [5.74, 6) is 0.298. The molecule has 0 aliphatic rings. The maximum absolute atomic E-state index is 13.0. The molecule has 0 fully saturated rings. The van der Waals surface area contributed by atoms with Crippen LogP contribution in [-0.2, 0) is 11.2 Å². The lowest BCUT2D eigenvalue weighted by Gasteiger charge is -2.13. The second-order valence-electron chi connectivity index (χ2n) is 6.53. The third kappa shape index (κ3) is 5.05. The summed E-state index contributed by atoms with van der Waals surface area (Å²) in [5.41, 5.74) is 3.00. The van der Waals surface area contributed by atoms with E-state index in [-0.39, 0.29) is 18.1 Å². The molecule has 0 heterocycles. The van der Waals surface area contributed by atoms with E-state index in [9.17, 15) is 9.59 Å². The van der Waals surface area contributed by atoms with Gasteiger partial charge < -0.3 is 10.1 Å². The third-order valence-corrected chi connectivity index (χ3v) is 5.27. The number of ether oxygens (including phenoxy) is 1. The molecule has 0 spiro atoms. The van der Waals surface area contributed by atoms with Gasteiger partial charge in [-0.2, -0.15) is 0 Å². The highest BCUT2D eigenvalue weighted by molar-refractivity contribution is 9.10. The molecule has 1 amide bonds. The zero-order valence-corrected chi connectivity index (χ0v) is 18.3. The third-order valence-electron chi connectivity index (χ3n) is 4.44. The molecule has 29 heavy (non-hydrogen) atoms. The Hall–Kier alpha value is -2.63. The molecule has 1 N–H and O–H groups in total. The summed E-state index contributed by atoms with van der Waals surface area (Å²) in [5, 5.41) is 3.21. The van der Waals surface area contributed by atoms with Gasteiger partial charge in [-0.05, 0) is 54.4 Å². The number of halogens is 2. The predicted molar refractivity (Wildman–Crippen MR) is 119 cm³/mol. The molecule has 3 aromatic carbocycles. The monoisotopic (exact) mass is 471 g/mol. The van der Waals surface area contributed by atoms with Crippen LogP contribution < -0.4 is 10.1 Å². The first-order valence-corrected chi connectivity index (χ1v) is 10.1. The molecular formula is C23H19BrClNO3. The van der Waals surface area contributed by atoms with E-state index in [4.69, 9.17) is 16.3 Å². The summed E-state index contributed by atoms with van der Waals surface area (Å²) in [4.78, 5) is 25.6. The molecule has 4 nitrogen and oxygen atoms in total. The van der Waals surface area contributed by atoms with Crippen molar-refractivity contribution in [3.05, 3.63) is 92.4 Å². The molecule has 0 aliphatic heterocycles. The van der Waals surface area contributed by atoms with Gasteiger partial charge in [-0.15, -0.1) is 0 Å². The molecule has 0 radical (unpaired) electrons. The van der Waals surface area contributed by atoms with Crippen LogP contribution in [-0.4, -0.2) is 18.8 Å². The SMILES string of the molecule is COc1ccc(CC(=O)Nc2ccc(Br)cc2C(=O)c2ccccc2Cl)cc1C. The van der Waals surface area contributed by atoms with Gasteiger partial charge in [-0.1, -0.05) is 51.8 Å². The van der Waals surface area contributed by atoms with Crippen LogP contribution in [0.4, 0.5) is 5.69 Å². The van der Waals surface area contributed by atoms with Crippen molar-refractivity contribution in [1.82, 2.24) is 0 Å². The van der Waals surface area contributed by atoms with Crippen molar-refractivity contribution in [3.63, 3.8) is 0 Å². The second kappa shape index (κ2) is 9.25. The van der Waals surface area contributed by atoms with Gasteiger partial charge in [0.05, 0.1) is 24.2 Å². The van der Waals surface area contributed by atoms with Crippen molar-refractivity contribution in [2.75, 3.05) is 12.4 Å². The summed E-state index contributed by atoms with van der Waals surface area (Å²) in [7, 11) is 1.61. The normalized spacial score (nSPS) is 10.5. The van der Waals surface area contributed by atoms with Crippen molar-refractivity contribution in [1.29, 1.82) is 0 Å². The largest absolute Gasteiger partial charge is 0.496 e. The Kier molecular flexibility index (Phi) is 6.72. The smallest absolute Gasteiger partial charge is 0.228 e. The highest BCUT2D eigenvalue weighted by Gasteiger charge is 2.18. The number of hydrogen-bond donors (Lipinski definition) is 1. The molecule has 6 heteroatoms. The topological polar surface area (TPSA) is 55.4 Å². The van der Waals surface area contributed by atoms with Crippen LogP contribution in [0, 0.1) is 6.92 Å². The van der Waals surface area contributed by atoms with Crippen LogP contribution in [0.15, 0.2) is 65.1 Å². The zero-order valence-electron chi connectivity index (χ0n) is 16.0. The molecule has 0 saturated heterocycles. The highest BCUT2D eigenvalue weighted by atomic mass is 79.9. The Labute approximate surface area is 183 Å². The van der Waals surface area contributed by atoms with E-state index >= 15 is 0 Å². The Balaban J connectivity index is 1.84. The highest BCUT2D eigenvalue weighted by Crippen LogP contribution is 2.27. The second-order valence-corrected chi connectivity index (χ2v) is 7.85. The molecule has 0 aliphatic carbocycles. The quantitative estimate of drug-likeness (QED) is 0.459. The number of ketones is 1. The predicted octanol–water partition coefficient (Wildman–Crippen LogP) is 5.83. The molecule has 0 saturated carbocycles. The molecule has 148 valence electrons. The number of amides is 1. The number of carbonyl (C=O) groups is 2. The van der Waals surface area contributed by atoms with Crippen LogP contribution in [0.3, 0.4) is 0 Å². The van der Waals surface area contributed by atoms with E-state index in [0.29, 0.717) is 21.8 Å². The Morgan fingerprint density at radius 1 is 1.03 bits per heavy atom. The van der Waals surface area contributed by atoms with E-state index in [2.05, 4.69) is 21.2 Å². The standard InChI is InChI=1S/C23H19BrClNO3/c1-14-11-15(7-10-21(14)29-2)12-22(27)26-20-9-8-16(24)13-18(20)23(28)17-5-3-4-6-19(17)25/h3-11,13H,12H2,1-2H3,(H,26,27). The number of carbonyl (C=O) groups excluding carboxylic acids is 2. The van der Waals surface area contributed by atoms with E-state index in [1.54, 1.807) is 49.6 Å². The van der Waals surface area contributed by atoms with Crippen molar-refractivity contribution < 1.29 is 14.3 Å². The number of aryl methyl sites for hydroxylation is 1. The van der Waals surface area contributed by atoms with Crippen molar-refractivity contribution in [2.45, 2.75) is 13.3 Å². The molecule has 0 aromatic heterocycles. The van der Waals surface area contributed by atoms with Gasteiger partial charge in [-0.25, -0.2) is 0 Å². The zero-order chi connectivity index (χ0) is 21.0. The molecule has 3 rings (SSSR count). The van der Waals surface area contributed by atoms with Crippen LogP contribution in [0.5, 0.6) is 5.75 Å². The molecular weight excluding hydrogens is 454 g/mol. The molecule has 0 atom stereocenters. The minimum Gasteiger partial charge on any atom is -0.496 e. The van der Waals surface area contributed by atoms with Gasteiger partial charge in [0, 0.05) is 15.6 Å². The van der Waals surface area contributed by atoms with Crippen molar-refractivity contribution in [3.8, 4) is 5.75 Å². The van der Waals surface area contributed by atoms with E-state index in [1.165, 1.54) is 0 Å². The number of methoxy groups -OCH3 is 1. The number of benzene rings is 3. The summed E-state index contributed by atoms with van der Waals surface area (Å²) < 4.78 is 5.99. The van der Waals surface area contributed by atoms with E-state index < -0.39 is 0 Å².